The molecule has 2 aromatic rings. The highest BCUT2D eigenvalue weighted by Crippen LogP contribution is 2.18. The lowest BCUT2D eigenvalue weighted by Gasteiger charge is -2.00. The first-order valence-corrected chi connectivity index (χ1v) is 7.55. The summed E-state index contributed by atoms with van der Waals surface area (Å²) in [6.45, 7) is 0. The van der Waals surface area contributed by atoms with Crippen molar-refractivity contribution >= 4 is 21.9 Å². The number of methoxy groups -OCH3 is 1. The van der Waals surface area contributed by atoms with Gasteiger partial charge in [0.05, 0.1) is 16.9 Å². The Hall–Kier alpha value is -2.74. The van der Waals surface area contributed by atoms with Crippen LogP contribution in [0.25, 0.3) is 0 Å². The fourth-order valence-electron chi connectivity index (χ4n) is 1.62. The molecule has 0 spiro atoms. The largest absolute Gasteiger partial charge is 0.497 e. The molecule has 2 rings (SSSR count). The number of non-ortho nitro benzene ring substituents is 1. The van der Waals surface area contributed by atoms with Gasteiger partial charge in [-0.15, -0.1) is 0 Å². The van der Waals surface area contributed by atoms with E-state index >= 15 is 0 Å². The van der Waals surface area contributed by atoms with Crippen LogP contribution in [-0.2, 0) is 10.0 Å². The molecule has 0 atom stereocenters. The van der Waals surface area contributed by atoms with Crippen LogP contribution < -0.4 is 4.74 Å². The third-order valence-electron chi connectivity index (χ3n) is 2.80. The average molecular weight is 320 g/mol. The van der Waals surface area contributed by atoms with E-state index in [4.69, 9.17) is 4.74 Å². The Morgan fingerprint density at radius 3 is 2.18 bits per heavy atom. The van der Waals surface area contributed by atoms with Gasteiger partial charge in [-0.05, 0) is 42.0 Å². The van der Waals surface area contributed by atoms with Crippen molar-refractivity contribution in [2.75, 3.05) is 7.11 Å². The number of hydrogen-bond acceptors (Lipinski definition) is 5. The number of sulfonamides is 1. The molecule has 2 aromatic carbocycles. The molecule has 0 aliphatic rings. The highest BCUT2D eigenvalue weighted by molar-refractivity contribution is 7.90. The zero-order valence-corrected chi connectivity index (χ0v) is 12.4. The predicted octanol–water partition coefficient (Wildman–Crippen LogP) is 2.41. The zero-order chi connectivity index (χ0) is 16.2. The summed E-state index contributed by atoms with van der Waals surface area (Å²) in [6, 6.07) is 11.2. The highest BCUT2D eigenvalue weighted by Gasteiger charge is 2.14. The standard InChI is InChI=1S/C14H12N2O5S/c1-21-13-6-2-11(3-7-13)10-15-22(19,20)14-8-4-12(5-9-14)16(17)18/h2-10H,1H3/b15-10+. The second-order valence-corrected chi connectivity index (χ2v) is 5.87. The van der Waals surface area contributed by atoms with Gasteiger partial charge >= 0.3 is 0 Å². The van der Waals surface area contributed by atoms with Crippen LogP contribution in [-0.4, -0.2) is 26.7 Å². The number of nitro benzene ring substituents is 1. The molecule has 0 aromatic heterocycles. The Morgan fingerprint density at radius 1 is 1.09 bits per heavy atom. The van der Waals surface area contributed by atoms with Crippen LogP contribution in [0.2, 0.25) is 0 Å². The van der Waals surface area contributed by atoms with Crippen molar-refractivity contribution < 1.29 is 18.1 Å². The van der Waals surface area contributed by atoms with Crippen molar-refractivity contribution in [3.05, 3.63) is 64.2 Å². The summed E-state index contributed by atoms with van der Waals surface area (Å²) in [4.78, 5) is 9.83. The first kappa shape index (κ1) is 15.6. The van der Waals surface area contributed by atoms with E-state index < -0.39 is 14.9 Å². The molecule has 8 heteroatoms. The first-order chi connectivity index (χ1) is 10.4. The van der Waals surface area contributed by atoms with Gasteiger partial charge in [-0.25, -0.2) is 0 Å². The minimum atomic E-state index is -3.90. The molecule has 0 aliphatic carbocycles. The van der Waals surface area contributed by atoms with E-state index in [1.54, 1.807) is 24.3 Å². The minimum absolute atomic E-state index is 0.108. The molecule has 0 radical (unpaired) electrons. The molecule has 0 heterocycles. The molecule has 0 aliphatic heterocycles. The van der Waals surface area contributed by atoms with Crippen LogP contribution in [0, 0.1) is 10.1 Å². The highest BCUT2D eigenvalue weighted by atomic mass is 32.2. The topological polar surface area (TPSA) is 98.9 Å². The molecule has 0 unspecified atom stereocenters. The molecule has 0 saturated carbocycles. The Kier molecular flexibility index (Phi) is 4.52. The fourth-order valence-corrected chi connectivity index (χ4v) is 2.48. The number of nitrogens with zero attached hydrogens (tertiary/aromatic N) is 2. The normalized spacial score (nSPS) is 11.5. The van der Waals surface area contributed by atoms with Crippen LogP contribution in [0.15, 0.2) is 57.8 Å². The Balaban J connectivity index is 2.22. The molecule has 0 fully saturated rings. The number of benzene rings is 2. The summed E-state index contributed by atoms with van der Waals surface area (Å²) in [5.74, 6) is 0.648. The molecule has 0 bridgehead atoms. The predicted molar refractivity (Wildman–Crippen MR) is 80.9 cm³/mol. The molecule has 22 heavy (non-hydrogen) atoms. The third-order valence-corrected chi connectivity index (χ3v) is 4.05. The summed E-state index contributed by atoms with van der Waals surface area (Å²) in [5, 5.41) is 10.5. The van der Waals surface area contributed by atoms with E-state index in [2.05, 4.69) is 4.40 Å². The van der Waals surface area contributed by atoms with Gasteiger partial charge in [0.25, 0.3) is 15.7 Å². The molecule has 7 nitrogen and oxygen atoms in total. The van der Waals surface area contributed by atoms with Crippen LogP contribution in [0.3, 0.4) is 0 Å². The lowest BCUT2D eigenvalue weighted by atomic mass is 10.2. The summed E-state index contributed by atoms with van der Waals surface area (Å²) in [6.07, 6.45) is 1.20. The van der Waals surface area contributed by atoms with Gasteiger partial charge in [-0.2, -0.15) is 12.8 Å². The van der Waals surface area contributed by atoms with E-state index in [9.17, 15) is 18.5 Å². The van der Waals surface area contributed by atoms with Crippen molar-refractivity contribution in [3.8, 4) is 5.75 Å². The lowest BCUT2D eigenvalue weighted by molar-refractivity contribution is -0.384. The smallest absolute Gasteiger partial charge is 0.282 e. The van der Waals surface area contributed by atoms with Crippen LogP contribution >= 0.6 is 0 Å². The lowest BCUT2D eigenvalue weighted by Crippen LogP contribution is -1.98. The quantitative estimate of drug-likeness (QED) is 0.478. The molecule has 114 valence electrons. The van der Waals surface area contributed by atoms with Gasteiger partial charge in [-0.3, -0.25) is 10.1 Å². The Bertz CT molecular complexity index is 796. The molecule has 0 amide bonds. The summed E-state index contributed by atoms with van der Waals surface area (Å²) in [7, 11) is -2.37. The summed E-state index contributed by atoms with van der Waals surface area (Å²) >= 11 is 0. The SMILES string of the molecule is COc1ccc(/C=N/S(=O)(=O)c2ccc([N+](=O)[O-])cc2)cc1. The Morgan fingerprint density at radius 2 is 1.68 bits per heavy atom. The van der Waals surface area contributed by atoms with Crippen molar-refractivity contribution in [1.29, 1.82) is 0 Å². The third kappa shape index (κ3) is 3.67. The maximum Gasteiger partial charge on any atom is 0.282 e. The Labute approximate surface area is 127 Å². The monoisotopic (exact) mass is 320 g/mol. The summed E-state index contributed by atoms with van der Waals surface area (Å²) in [5.41, 5.74) is 0.407. The molecule has 0 saturated heterocycles. The van der Waals surface area contributed by atoms with Crippen LogP contribution in [0.1, 0.15) is 5.56 Å². The van der Waals surface area contributed by atoms with Gasteiger partial charge in [-0.1, -0.05) is 0 Å². The second kappa shape index (κ2) is 6.35. The number of hydrogen-bond donors (Lipinski definition) is 0. The minimum Gasteiger partial charge on any atom is -0.497 e. The maximum absolute atomic E-state index is 12.0. The number of nitro groups is 1. The number of rotatable bonds is 5. The van der Waals surface area contributed by atoms with Crippen LogP contribution in [0.5, 0.6) is 5.75 Å². The van der Waals surface area contributed by atoms with Crippen molar-refractivity contribution in [2.24, 2.45) is 4.40 Å². The van der Waals surface area contributed by atoms with E-state index in [1.807, 2.05) is 0 Å². The number of ether oxygens (including phenoxy) is 1. The van der Waals surface area contributed by atoms with E-state index in [0.717, 1.165) is 24.3 Å². The maximum atomic E-state index is 12.0. The summed E-state index contributed by atoms with van der Waals surface area (Å²) < 4.78 is 32.6. The van der Waals surface area contributed by atoms with Gasteiger partial charge < -0.3 is 4.74 Å². The molecular formula is C14H12N2O5S. The van der Waals surface area contributed by atoms with E-state index in [0.29, 0.717) is 11.3 Å². The van der Waals surface area contributed by atoms with Crippen molar-refractivity contribution in [3.63, 3.8) is 0 Å². The van der Waals surface area contributed by atoms with E-state index in [-0.39, 0.29) is 10.6 Å². The average Bonchev–Trinajstić information content (AvgIpc) is 2.53. The van der Waals surface area contributed by atoms with Crippen molar-refractivity contribution in [2.45, 2.75) is 4.90 Å². The van der Waals surface area contributed by atoms with Crippen molar-refractivity contribution in [1.82, 2.24) is 0 Å². The van der Waals surface area contributed by atoms with Gasteiger partial charge in [0.1, 0.15) is 5.75 Å². The zero-order valence-electron chi connectivity index (χ0n) is 11.5. The first-order valence-electron chi connectivity index (χ1n) is 6.11. The van der Waals surface area contributed by atoms with Crippen LogP contribution in [0.4, 0.5) is 5.69 Å². The fraction of sp³-hybridized carbons (Fsp3) is 0.0714. The molecule has 0 N–H and O–H groups in total. The molecular weight excluding hydrogens is 308 g/mol. The van der Waals surface area contributed by atoms with Gasteiger partial charge in [0, 0.05) is 18.3 Å². The van der Waals surface area contributed by atoms with E-state index in [1.165, 1.54) is 13.3 Å². The van der Waals surface area contributed by atoms with Gasteiger partial charge in [0.2, 0.25) is 0 Å². The second-order valence-electron chi connectivity index (χ2n) is 4.23. The van der Waals surface area contributed by atoms with Gasteiger partial charge in [0.15, 0.2) is 0 Å².